The molecule has 8 N–H and O–H groups in total. The molecule has 6 atom stereocenters. The Morgan fingerprint density at radius 1 is 0.970 bits per heavy atom. The first-order valence-electron chi connectivity index (χ1n) is 10.1. The maximum absolute atomic E-state index is 10.4. The number of aliphatic hydroxyl groups is 5. The quantitative estimate of drug-likeness (QED) is 0.234. The first-order chi connectivity index (χ1) is 15.7. The van der Waals surface area contributed by atoms with Crippen LogP contribution < -0.4 is 4.74 Å². The van der Waals surface area contributed by atoms with E-state index < -0.39 is 49.2 Å². The maximum atomic E-state index is 10.4. The molecule has 0 aromatic heterocycles. The maximum Gasteiger partial charge on any atom is 0.269 e. The van der Waals surface area contributed by atoms with Crippen molar-refractivity contribution in [3.8, 4) is 28.7 Å². The normalized spacial score (nSPS) is 28.9. The summed E-state index contributed by atoms with van der Waals surface area (Å²) in [6.07, 6.45) is -7.01. The monoisotopic (exact) mass is 465 g/mol. The summed E-state index contributed by atoms with van der Waals surface area (Å²) in [6, 6.07) is 6.77. The molecule has 2 aliphatic heterocycles. The Morgan fingerprint density at radius 2 is 1.73 bits per heavy atom. The minimum absolute atomic E-state index is 0.0764. The summed E-state index contributed by atoms with van der Waals surface area (Å²) < 4.78 is 21.4. The summed E-state index contributed by atoms with van der Waals surface area (Å²) in [4.78, 5) is 0. The molecule has 2 aliphatic rings. The molecule has 0 bridgehead atoms. The van der Waals surface area contributed by atoms with Gasteiger partial charge in [-0.05, 0) is 12.1 Å². The van der Waals surface area contributed by atoms with Crippen LogP contribution in [0.1, 0.15) is 17.2 Å². The predicted octanol–water partition coefficient (Wildman–Crippen LogP) is -0.0344. The molecule has 33 heavy (non-hydrogen) atoms. The third-order valence-corrected chi connectivity index (χ3v) is 5.54. The number of benzene rings is 2. The summed E-state index contributed by atoms with van der Waals surface area (Å²) >= 11 is 0. The second-order valence-corrected chi connectivity index (χ2v) is 7.71. The van der Waals surface area contributed by atoms with Crippen molar-refractivity contribution in [1.82, 2.24) is 0 Å². The standard InChI is InChI=1S/C22H24O11/c1-30-14-5-10(24)6-15-11(14)7-16(21(31-15)9-2-3-12(25)13(26)4-9)32-22-20(29)19(28)18(27)17(8-23)33-22/h2-7,17-29H,8H2,1H3/p+1/t17-,18-,19+,20-,21?,22-/m1/s1. The van der Waals surface area contributed by atoms with Crippen molar-refractivity contribution in [3.05, 3.63) is 47.2 Å². The number of aliphatic hydroxyl groups excluding tert-OH is 4. The highest BCUT2D eigenvalue weighted by atomic mass is 16.7. The van der Waals surface area contributed by atoms with E-state index in [2.05, 4.69) is 4.74 Å². The Bertz CT molecular complexity index is 1050. The summed E-state index contributed by atoms with van der Waals surface area (Å²) in [5, 5.41) is 69.6. The van der Waals surface area contributed by atoms with Gasteiger partial charge in [-0.3, -0.25) is 0 Å². The van der Waals surface area contributed by atoms with E-state index in [0.29, 0.717) is 16.9 Å². The fourth-order valence-corrected chi connectivity index (χ4v) is 3.76. The van der Waals surface area contributed by atoms with Gasteiger partial charge in [0.1, 0.15) is 47.2 Å². The van der Waals surface area contributed by atoms with Crippen LogP contribution >= 0.6 is 0 Å². The van der Waals surface area contributed by atoms with Gasteiger partial charge in [0, 0.05) is 17.7 Å². The van der Waals surface area contributed by atoms with Gasteiger partial charge in [0.2, 0.25) is 6.29 Å². The molecule has 1 unspecified atom stereocenters. The Labute approximate surface area is 187 Å². The number of hydrogen-bond acceptors (Lipinski definition) is 10. The lowest BCUT2D eigenvalue weighted by molar-refractivity contribution is -0.293. The Balaban J connectivity index is 1.76. The average Bonchev–Trinajstić information content (AvgIpc) is 2.80. The molecule has 1 saturated heterocycles. The van der Waals surface area contributed by atoms with Crippen LogP contribution in [0, 0.1) is 0 Å². The molecule has 4 rings (SSSR count). The highest BCUT2D eigenvalue weighted by Gasteiger charge is 2.46. The average molecular weight is 465 g/mol. The molecular formula is C22H25O11+. The predicted molar refractivity (Wildman–Crippen MR) is 112 cm³/mol. The van der Waals surface area contributed by atoms with Crippen LogP contribution in [-0.4, -0.2) is 84.9 Å². The van der Waals surface area contributed by atoms with Crippen molar-refractivity contribution in [2.45, 2.75) is 36.8 Å². The second-order valence-electron chi connectivity index (χ2n) is 7.71. The van der Waals surface area contributed by atoms with Crippen LogP contribution in [0.15, 0.2) is 36.1 Å². The third-order valence-electron chi connectivity index (χ3n) is 5.54. The smallest absolute Gasteiger partial charge is 0.269 e. The fourth-order valence-electron chi connectivity index (χ4n) is 3.76. The van der Waals surface area contributed by atoms with Crippen LogP contribution in [0.3, 0.4) is 0 Å². The van der Waals surface area contributed by atoms with Crippen molar-refractivity contribution in [2.24, 2.45) is 0 Å². The van der Waals surface area contributed by atoms with Crippen LogP contribution in [0.4, 0.5) is 0 Å². The Morgan fingerprint density at radius 3 is 2.39 bits per heavy atom. The van der Waals surface area contributed by atoms with Gasteiger partial charge in [-0.1, -0.05) is 6.07 Å². The van der Waals surface area contributed by atoms with E-state index in [0.717, 1.165) is 0 Å². The van der Waals surface area contributed by atoms with E-state index in [1.807, 2.05) is 0 Å². The van der Waals surface area contributed by atoms with E-state index in [9.17, 15) is 35.7 Å². The lowest BCUT2D eigenvalue weighted by Crippen LogP contribution is -2.59. The topological polar surface area (TPSA) is 182 Å². The molecule has 0 radical (unpaired) electrons. The Hall–Kier alpha value is -3.22. The molecule has 0 saturated carbocycles. The van der Waals surface area contributed by atoms with E-state index >= 15 is 0 Å². The lowest BCUT2D eigenvalue weighted by Gasteiger charge is -2.41. The number of rotatable bonds is 5. The van der Waals surface area contributed by atoms with Crippen molar-refractivity contribution in [1.29, 1.82) is 0 Å². The van der Waals surface area contributed by atoms with E-state index in [-0.39, 0.29) is 23.0 Å². The fraction of sp³-hybridized carbons (Fsp3) is 0.364. The van der Waals surface area contributed by atoms with Gasteiger partial charge in [0.05, 0.1) is 12.7 Å². The van der Waals surface area contributed by atoms with Gasteiger partial charge >= 0.3 is 0 Å². The van der Waals surface area contributed by atoms with Gasteiger partial charge in [-0.15, -0.1) is 0 Å². The summed E-state index contributed by atoms with van der Waals surface area (Å²) in [6.45, 7) is -0.628. The molecule has 2 aromatic rings. The molecule has 0 amide bonds. The van der Waals surface area contributed by atoms with Crippen LogP contribution in [0.25, 0.3) is 6.08 Å². The number of phenols is 3. The van der Waals surface area contributed by atoms with Gasteiger partial charge in [-0.2, -0.15) is 0 Å². The van der Waals surface area contributed by atoms with E-state index in [1.165, 1.54) is 43.5 Å². The molecule has 11 nitrogen and oxygen atoms in total. The van der Waals surface area contributed by atoms with E-state index in [4.69, 9.17) is 14.2 Å². The number of phenolic OH excluding ortho intramolecular Hbond substituents is 3. The first kappa shape index (κ1) is 23.0. The number of aromatic hydroxyl groups is 4. The zero-order chi connectivity index (χ0) is 23.9. The minimum atomic E-state index is -1.66. The third kappa shape index (κ3) is 4.24. The van der Waals surface area contributed by atoms with Crippen molar-refractivity contribution < 1.29 is 54.7 Å². The van der Waals surface area contributed by atoms with Gasteiger partial charge in [0.15, 0.2) is 24.7 Å². The summed E-state index contributed by atoms with van der Waals surface area (Å²) in [7, 11) is 1.52. The summed E-state index contributed by atoms with van der Waals surface area (Å²) in [5.41, 5.74) is 0.805. The number of ether oxygens (including phenoxy) is 4. The Kier molecular flexibility index (Phi) is 6.23. The molecule has 0 spiro atoms. The molecule has 1 fully saturated rings. The van der Waals surface area contributed by atoms with Crippen molar-refractivity contribution in [3.63, 3.8) is 0 Å². The van der Waals surface area contributed by atoms with Gasteiger partial charge in [0.25, 0.3) is 5.75 Å². The molecule has 178 valence electrons. The molecule has 11 heteroatoms. The van der Waals surface area contributed by atoms with Crippen LogP contribution in [0.5, 0.6) is 28.7 Å². The largest absolute Gasteiger partial charge is 0.584 e. The second kappa shape index (κ2) is 8.96. The van der Waals surface area contributed by atoms with E-state index in [1.54, 1.807) is 0 Å². The van der Waals surface area contributed by atoms with Gasteiger partial charge in [-0.25, -0.2) is 0 Å². The SMILES string of the molecule is C[OH+]c1cc(O)cc2c1C=C(O[C@@H]1O[C@H](CO)[C@@H](O)[C@H](O)[C@H]1O)C(c1ccc(O)c(O)c1)O2. The van der Waals surface area contributed by atoms with Gasteiger partial charge < -0.3 is 54.7 Å². The van der Waals surface area contributed by atoms with Crippen molar-refractivity contribution in [2.75, 3.05) is 13.7 Å². The highest BCUT2D eigenvalue weighted by molar-refractivity contribution is 5.70. The molecule has 2 aromatic carbocycles. The van der Waals surface area contributed by atoms with Crippen LogP contribution in [-0.2, 0) is 9.47 Å². The zero-order valence-corrected chi connectivity index (χ0v) is 17.4. The minimum Gasteiger partial charge on any atom is -0.584 e. The highest BCUT2D eigenvalue weighted by Crippen LogP contribution is 2.45. The molecule has 0 aliphatic carbocycles. The first-order valence-corrected chi connectivity index (χ1v) is 10.1. The number of hydrogen-bond donors (Lipinski definition) is 7. The zero-order valence-electron chi connectivity index (χ0n) is 17.4. The number of fused-ring (bicyclic) bond motifs is 1. The van der Waals surface area contributed by atoms with Crippen molar-refractivity contribution >= 4 is 6.08 Å². The van der Waals surface area contributed by atoms with Crippen LogP contribution in [0.2, 0.25) is 0 Å². The summed E-state index contributed by atoms with van der Waals surface area (Å²) in [5.74, 6) is -0.128. The lowest BCUT2D eigenvalue weighted by atomic mass is 9.98. The molecular weight excluding hydrogens is 440 g/mol. The molecule has 2 heterocycles.